The third kappa shape index (κ3) is 3.24. The van der Waals surface area contributed by atoms with Gasteiger partial charge in [-0.25, -0.2) is 8.42 Å². The van der Waals surface area contributed by atoms with Gasteiger partial charge in [0.25, 0.3) is 15.0 Å². The summed E-state index contributed by atoms with van der Waals surface area (Å²) in [7, 11) is 2.77. The molecule has 2 rings (SSSR count). The molecule has 1 fully saturated rings. The summed E-state index contributed by atoms with van der Waals surface area (Å²) in [5.74, 6) is -0.0379. The van der Waals surface area contributed by atoms with Crippen molar-refractivity contribution in [3.05, 3.63) is 23.8 Å². The molecule has 1 amide bonds. The number of hydrogen-bond acceptors (Lipinski definition) is 4. The molecule has 1 aromatic rings. The van der Waals surface area contributed by atoms with Crippen LogP contribution in [0.1, 0.15) is 29.6 Å². The van der Waals surface area contributed by atoms with Gasteiger partial charge in [-0.05, 0) is 37.5 Å². The zero-order chi connectivity index (χ0) is 14.8. The van der Waals surface area contributed by atoms with Crippen molar-refractivity contribution in [3.63, 3.8) is 0 Å². The van der Waals surface area contributed by atoms with E-state index in [-0.39, 0.29) is 16.6 Å². The van der Waals surface area contributed by atoms with E-state index in [1.807, 2.05) is 0 Å². The van der Waals surface area contributed by atoms with Crippen LogP contribution in [-0.4, -0.2) is 39.4 Å². The average Bonchev–Trinajstić information content (AvgIpc) is 2.46. The number of carbonyl (C=O) groups excluding carboxylic acids is 1. The van der Waals surface area contributed by atoms with Gasteiger partial charge in [0, 0.05) is 29.3 Å². The Bertz CT molecular complexity index is 609. The molecule has 1 heterocycles. The minimum Gasteiger partial charge on any atom is -0.495 e. The highest BCUT2D eigenvalue weighted by atomic mass is 35.7. The smallest absolute Gasteiger partial charge is 0.265 e. The Morgan fingerprint density at radius 3 is 2.45 bits per heavy atom. The van der Waals surface area contributed by atoms with Gasteiger partial charge in [-0.1, -0.05) is 0 Å². The van der Waals surface area contributed by atoms with E-state index < -0.39 is 9.05 Å². The average molecular weight is 318 g/mol. The Morgan fingerprint density at radius 1 is 1.25 bits per heavy atom. The molecule has 0 spiro atoms. The van der Waals surface area contributed by atoms with Crippen LogP contribution in [0.5, 0.6) is 5.75 Å². The van der Waals surface area contributed by atoms with Crippen LogP contribution >= 0.6 is 10.7 Å². The SMILES string of the molecule is COc1ccc(C(=O)N2CCCCC2)cc1S(=O)(=O)Cl. The maximum atomic E-state index is 12.3. The Hall–Kier alpha value is -1.27. The number of benzene rings is 1. The third-order valence-corrected chi connectivity index (χ3v) is 4.66. The van der Waals surface area contributed by atoms with E-state index in [0.717, 1.165) is 19.3 Å². The highest BCUT2D eigenvalue weighted by Crippen LogP contribution is 2.28. The normalized spacial score (nSPS) is 16.0. The fourth-order valence-corrected chi connectivity index (χ4v) is 3.30. The number of amides is 1. The molecule has 1 aliphatic rings. The zero-order valence-electron chi connectivity index (χ0n) is 11.1. The maximum Gasteiger partial charge on any atom is 0.265 e. The van der Waals surface area contributed by atoms with E-state index in [9.17, 15) is 13.2 Å². The summed E-state index contributed by atoms with van der Waals surface area (Å²) < 4.78 is 28.0. The second-order valence-electron chi connectivity index (χ2n) is 4.66. The molecule has 0 N–H and O–H groups in total. The van der Waals surface area contributed by atoms with E-state index in [1.54, 1.807) is 11.0 Å². The number of hydrogen-bond donors (Lipinski definition) is 0. The van der Waals surface area contributed by atoms with Crippen LogP contribution in [-0.2, 0) is 9.05 Å². The first-order valence-corrected chi connectivity index (χ1v) is 8.66. The fourth-order valence-electron chi connectivity index (χ4n) is 2.28. The van der Waals surface area contributed by atoms with Crippen LogP contribution in [0.15, 0.2) is 23.1 Å². The lowest BCUT2D eigenvalue weighted by molar-refractivity contribution is 0.0724. The first kappa shape index (κ1) is 15.1. The quantitative estimate of drug-likeness (QED) is 0.802. The van der Waals surface area contributed by atoms with Gasteiger partial charge in [0.1, 0.15) is 10.6 Å². The monoisotopic (exact) mass is 317 g/mol. The number of rotatable bonds is 3. The predicted molar refractivity (Wildman–Crippen MR) is 75.8 cm³/mol. The maximum absolute atomic E-state index is 12.3. The Kier molecular flexibility index (Phi) is 4.55. The first-order valence-electron chi connectivity index (χ1n) is 6.35. The minimum absolute atomic E-state index is 0.134. The molecule has 7 heteroatoms. The van der Waals surface area contributed by atoms with Crippen LogP contribution < -0.4 is 4.74 Å². The molecule has 0 aromatic heterocycles. The topological polar surface area (TPSA) is 63.7 Å². The van der Waals surface area contributed by atoms with Crippen LogP contribution in [0.4, 0.5) is 0 Å². The summed E-state index contributed by atoms with van der Waals surface area (Å²) in [6, 6.07) is 4.28. The van der Waals surface area contributed by atoms with Crippen molar-refractivity contribution in [1.29, 1.82) is 0 Å². The summed E-state index contributed by atoms with van der Waals surface area (Å²) in [4.78, 5) is 13.9. The van der Waals surface area contributed by atoms with Crippen LogP contribution in [0.25, 0.3) is 0 Å². The molecular formula is C13H16ClNO4S. The van der Waals surface area contributed by atoms with E-state index >= 15 is 0 Å². The zero-order valence-corrected chi connectivity index (χ0v) is 12.7. The number of methoxy groups -OCH3 is 1. The van der Waals surface area contributed by atoms with E-state index in [4.69, 9.17) is 15.4 Å². The molecule has 5 nitrogen and oxygen atoms in total. The molecular weight excluding hydrogens is 302 g/mol. The molecule has 0 aliphatic carbocycles. The molecule has 0 atom stereocenters. The largest absolute Gasteiger partial charge is 0.495 e. The van der Waals surface area contributed by atoms with Crippen molar-refractivity contribution in [2.75, 3.05) is 20.2 Å². The Balaban J connectivity index is 2.35. The van der Waals surface area contributed by atoms with Crippen molar-refractivity contribution in [2.24, 2.45) is 0 Å². The van der Waals surface area contributed by atoms with Gasteiger partial charge in [0.15, 0.2) is 0 Å². The molecule has 20 heavy (non-hydrogen) atoms. The minimum atomic E-state index is -3.96. The lowest BCUT2D eigenvalue weighted by Crippen LogP contribution is -2.35. The van der Waals surface area contributed by atoms with Crippen molar-refractivity contribution < 1.29 is 17.9 Å². The molecule has 1 aliphatic heterocycles. The summed E-state index contributed by atoms with van der Waals surface area (Å²) >= 11 is 0. The van der Waals surface area contributed by atoms with Gasteiger partial charge < -0.3 is 9.64 Å². The van der Waals surface area contributed by atoms with Crippen molar-refractivity contribution in [2.45, 2.75) is 24.2 Å². The fraction of sp³-hybridized carbons (Fsp3) is 0.462. The van der Waals surface area contributed by atoms with Crippen LogP contribution in [0.2, 0.25) is 0 Å². The number of likely N-dealkylation sites (tertiary alicyclic amines) is 1. The number of carbonyl (C=O) groups is 1. The van der Waals surface area contributed by atoms with Crippen LogP contribution in [0, 0.1) is 0 Å². The van der Waals surface area contributed by atoms with Gasteiger partial charge in [-0.3, -0.25) is 4.79 Å². The summed E-state index contributed by atoms with van der Waals surface area (Å²) in [6.45, 7) is 1.40. The van der Waals surface area contributed by atoms with E-state index in [2.05, 4.69) is 0 Å². The summed E-state index contributed by atoms with van der Waals surface area (Å²) in [5, 5.41) is 0. The third-order valence-electron chi connectivity index (χ3n) is 3.32. The van der Waals surface area contributed by atoms with Crippen molar-refractivity contribution in [1.82, 2.24) is 4.90 Å². The number of piperidine rings is 1. The predicted octanol–water partition coefficient (Wildman–Crippen LogP) is 2.25. The number of halogens is 1. The van der Waals surface area contributed by atoms with Crippen molar-refractivity contribution >= 4 is 25.6 Å². The molecule has 110 valence electrons. The Morgan fingerprint density at radius 2 is 1.90 bits per heavy atom. The Labute approximate surface area is 122 Å². The molecule has 0 radical (unpaired) electrons. The lowest BCUT2D eigenvalue weighted by atomic mass is 10.1. The van der Waals surface area contributed by atoms with Gasteiger partial charge in [0.05, 0.1) is 7.11 Å². The van der Waals surface area contributed by atoms with Crippen LogP contribution in [0.3, 0.4) is 0 Å². The van der Waals surface area contributed by atoms with E-state index in [1.165, 1.54) is 19.2 Å². The first-order chi connectivity index (χ1) is 9.43. The summed E-state index contributed by atoms with van der Waals surface area (Å²) in [5.41, 5.74) is 0.312. The van der Waals surface area contributed by atoms with Gasteiger partial charge >= 0.3 is 0 Å². The molecule has 0 bridgehead atoms. The van der Waals surface area contributed by atoms with Gasteiger partial charge in [-0.2, -0.15) is 0 Å². The number of nitrogens with zero attached hydrogens (tertiary/aromatic N) is 1. The second-order valence-corrected chi connectivity index (χ2v) is 7.19. The second kappa shape index (κ2) is 6.01. The van der Waals surface area contributed by atoms with Gasteiger partial charge in [-0.15, -0.1) is 0 Å². The highest BCUT2D eigenvalue weighted by molar-refractivity contribution is 8.13. The van der Waals surface area contributed by atoms with Gasteiger partial charge in [0.2, 0.25) is 0 Å². The molecule has 1 saturated heterocycles. The van der Waals surface area contributed by atoms with E-state index in [0.29, 0.717) is 18.7 Å². The lowest BCUT2D eigenvalue weighted by Gasteiger charge is -2.26. The number of ether oxygens (including phenoxy) is 1. The molecule has 0 saturated carbocycles. The summed E-state index contributed by atoms with van der Waals surface area (Å²) in [6.07, 6.45) is 3.07. The molecule has 1 aromatic carbocycles. The molecule has 0 unspecified atom stereocenters. The highest BCUT2D eigenvalue weighted by Gasteiger charge is 2.22. The standard InChI is InChI=1S/C13H16ClNO4S/c1-19-11-6-5-10(9-12(11)20(14,17)18)13(16)15-7-3-2-4-8-15/h5-6,9H,2-4,7-8H2,1H3. The van der Waals surface area contributed by atoms with Crippen molar-refractivity contribution in [3.8, 4) is 5.75 Å².